The van der Waals surface area contributed by atoms with Crippen molar-refractivity contribution in [3.05, 3.63) is 72.9 Å². The maximum atomic E-state index is 5.95. The molecule has 2 aromatic carbocycles. The highest BCUT2D eigenvalue weighted by molar-refractivity contribution is 5.50. The Morgan fingerprint density at radius 1 is 0.783 bits per heavy atom. The lowest BCUT2D eigenvalue weighted by Crippen LogP contribution is -1.99. The van der Waals surface area contributed by atoms with Gasteiger partial charge in [-0.1, -0.05) is 36.4 Å². The molecule has 0 saturated heterocycles. The summed E-state index contributed by atoms with van der Waals surface area (Å²) in [4.78, 5) is 4.24. The molecule has 0 atom stereocenters. The molecular formula is C19H17NO3. The number of rotatable bonds is 6. The fraction of sp³-hybridized carbons (Fsp3) is 0.105. The molecule has 4 heteroatoms. The number of nitrogens with zero attached hydrogens (tertiary/aromatic N) is 1. The van der Waals surface area contributed by atoms with Crippen LogP contribution in [0.1, 0.15) is 6.92 Å². The summed E-state index contributed by atoms with van der Waals surface area (Å²) in [7, 11) is 0. The Labute approximate surface area is 135 Å². The summed E-state index contributed by atoms with van der Waals surface area (Å²) in [5.41, 5.74) is 0. The maximum absolute atomic E-state index is 5.95. The molecule has 23 heavy (non-hydrogen) atoms. The molecule has 1 aromatic heterocycles. The maximum Gasteiger partial charge on any atom is 0.261 e. The zero-order valence-corrected chi connectivity index (χ0v) is 12.8. The number of hydrogen-bond donors (Lipinski definition) is 0. The number of ether oxygens (including phenoxy) is 3. The third-order valence-electron chi connectivity index (χ3n) is 3.05. The van der Waals surface area contributed by atoms with Crippen LogP contribution in [0.15, 0.2) is 72.9 Å². The fourth-order valence-corrected chi connectivity index (χ4v) is 2.05. The molecule has 0 unspecified atom stereocenters. The molecule has 0 amide bonds. The largest absolute Gasteiger partial charge is 0.475 e. The smallest absolute Gasteiger partial charge is 0.261 e. The van der Waals surface area contributed by atoms with Crippen LogP contribution in [0.25, 0.3) is 0 Å². The van der Waals surface area contributed by atoms with Crippen molar-refractivity contribution in [1.29, 1.82) is 0 Å². The first kappa shape index (κ1) is 14.9. The lowest BCUT2D eigenvalue weighted by Gasteiger charge is -2.15. The van der Waals surface area contributed by atoms with E-state index in [-0.39, 0.29) is 0 Å². The number of benzene rings is 2. The minimum absolute atomic E-state index is 0.407. The summed E-state index contributed by atoms with van der Waals surface area (Å²) in [6, 6.07) is 20.8. The van der Waals surface area contributed by atoms with Crippen molar-refractivity contribution in [2.45, 2.75) is 6.92 Å². The van der Waals surface area contributed by atoms with Gasteiger partial charge in [0.25, 0.3) is 5.88 Å². The minimum atomic E-state index is 0.407. The molecule has 0 aliphatic heterocycles. The molecule has 0 fully saturated rings. The Hall–Kier alpha value is -3.01. The topological polar surface area (TPSA) is 40.6 Å². The third kappa shape index (κ3) is 3.80. The Morgan fingerprint density at radius 3 is 2.00 bits per heavy atom. The predicted octanol–water partition coefficient (Wildman–Crippen LogP) is 5.06. The second kappa shape index (κ2) is 7.31. The van der Waals surface area contributed by atoms with Crippen LogP contribution in [-0.2, 0) is 0 Å². The monoisotopic (exact) mass is 307 g/mol. The molecule has 0 aliphatic carbocycles. The first-order chi connectivity index (χ1) is 11.4. The first-order valence-corrected chi connectivity index (χ1v) is 7.44. The van der Waals surface area contributed by atoms with Gasteiger partial charge in [0.2, 0.25) is 5.75 Å². The van der Waals surface area contributed by atoms with E-state index in [1.165, 1.54) is 0 Å². The summed E-state index contributed by atoms with van der Waals surface area (Å²) in [6.45, 7) is 2.39. The quantitative estimate of drug-likeness (QED) is 0.638. The van der Waals surface area contributed by atoms with Crippen LogP contribution < -0.4 is 14.2 Å². The number of aromatic nitrogens is 1. The van der Waals surface area contributed by atoms with Crippen molar-refractivity contribution in [1.82, 2.24) is 4.98 Å². The Kier molecular flexibility index (Phi) is 4.74. The molecule has 0 radical (unpaired) electrons. The second-order valence-electron chi connectivity index (χ2n) is 4.71. The normalized spacial score (nSPS) is 10.1. The van der Waals surface area contributed by atoms with Gasteiger partial charge in [0.05, 0.1) is 6.61 Å². The van der Waals surface area contributed by atoms with E-state index in [9.17, 15) is 0 Å². The van der Waals surface area contributed by atoms with Crippen LogP contribution in [0.3, 0.4) is 0 Å². The van der Waals surface area contributed by atoms with Crippen LogP contribution in [0.2, 0.25) is 0 Å². The van der Waals surface area contributed by atoms with Crippen molar-refractivity contribution < 1.29 is 14.2 Å². The average Bonchev–Trinajstić information content (AvgIpc) is 2.60. The molecule has 4 nitrogen and oxygen atoms in total. The van der Waals surface area contributed by atoms with Gasteiger partial charge in [-0.15, -0.1) is 0 Å². The van der Waals surface area contributed by atoms with Crippen molar-refractivity contribution in [2.24, 2.45) is 0 Å². The van der Waals surface area contributed by atoms with E-state index in [0.29, 0.717) is 29.7 Å². The Morgan fingerprint density at radius 2 is 1.39 bits per heavy atom. The van der Waals surface area contributed by atoms with Gasteiger partial charge < -0.3 is 14.2 Å². The van der Waals surface area contributed by atoms with Crippen molar-refractivity contribution >= 4 is 0 Å². The summed E-state index contributed by atoms with van der Waals surface area (Å²) < 4.78 is 17.4. The van der Waals surface area contributed by atoms with Gasteiger partial charge in [-0.2, -0.15) is 0 Å². The zero-order valence-electron chi connectivity index (χ0n) is 12.8. The zero-order chi connectivity index (χ0) is 15.9. The lowest BCUT2D eigenvalue weighted by atomic mass is 10.3. The summed E-state index contributed by atoms with van der Waals surface area (Å²) in [6.07, 6.45) is 1.64. The van der Waals surface area contributed by atoms with Gasteiger partial charge >= 0.3 is 0 Å². The van der Waals surface area contributed by atoms with Crippen molar-refractivity contribution in [3.63, 3.8) is 0 Å². The van der Waals surface area contributed by atoms with Gasteiger partial charge in [-0.05, 0) is 31.2 Å². The van der Waals surface area contributed by atoms with E-state index in [1.807, 2.05) is 67.6 Å². The Bertz CT molecular complexity index is 745. The highest BCUT2D eigenvalue weighted by atomic mass is 16.5. The molecule has 0 spiro atoms. The van der Waals surface area contributed by atoms with E-state index >= 15 is 0 Å². The molecular weight excluding hydrogens is 290 g/mol. The van der Waals surface area contributed by atoms with E-state index in [4.69, 9.17) is 14.2 Å². The van der Waals surface area contributed by atoms with Gasteiger partial charge in [0.1, 0.15) is 11.5 Å². The van der Waals surface area contributed by atoms with Gasteiger partial charge in [0.15, 0.2) is 5.75 Å². The van der Waals surface area contributed by atoms with E-state index < -0.39 is 0 Å². The molecule has 116 valence electrons. The van der Waals surface area contributed by atoms with Gasteiger partial charge in [0, 0.05) is 12.3 Å². The van der Waals surface area contributed by atoms with Crippen molar-refractivity contribution in [2.75, 3.05) is 6.61 Å². The second-order valence-corrected chi connectivity index (χ2v) is 4.71. The summed E-state index contributed by atoms with van der Waals surface area (Å²) >= 11 is 0. The van der Waals surface area contributed by atoms with Crippen LogP contribution in [0.4, 0.5) is 0 Å². The first-order valence-electron chi connectivity index (χ1n) is 7.44. The van der Waals surface area contributed by atoms with Gasteiger partial charge in [-0.25, -0.2) is 4.98 Å². The lowest BCUT2D eigenvalue weighted by molar-refractivity contribution is 0.301. The molecule has 0 aliphatic rings. The molecule has 0 saturated carbocycles. The number of pyridine rings is 1. The third-order valence-corrected chi connectivity index (χ3v) is 3.05. The van der Waals surface area contributed by atoms with E-state index in [0.717, 1.165) is 5.75 Å². The minimum Gasteiger partial charge on any atom is -0.475 e. The molecule has 0 N–H and O–H groups in total. The standard InChI is InChI=1S/C19H17NO3/c1-2-21-19-18(23-16-11-7-4-8-12-16)17(13-14-20-19)22-15-9-5-3-6-10-15/h3-14H,2H2,1H3. The van der Waals surface area contributed by atoms with Crippen LogP contribution in [0.5, 0.6) is 28.9 Å². The predicted molar refractivity (Wildman–Crippen MR) is 88.4 cm³/mol. The van der Waals surface area contributed by atoms with Crippen molar-refractivity contribution in [3.8, 4) is 28.9 Å². The SMILES string of the molecule is CCOc1nccc(Oc2ccccc2)c1Oc1ccccc1. The fourth-order valence-electron chi connectivity index (χ4n) is 2.05. The van der Waals surface area contributed by atoms with Crippen LogP contribution >= 0.6 is 0 Å². The van der Waals surface area contributed by atoms with Gasteiger partial charge in [-0.3, -0.25) is 0 Å². The molecule has 1 heterocycles. The highest BCUT2D eigenvalue weighted by Crippen LogP contribution is 2.40. The van der Waals surface area contributed by atoms with Crippen LogP contribution in [0, 0.1) is 0 Å². The molecule has 3 aromatic rings. The summed E-state index contributed by atoms with van der Waals surface area (Å²) in [5, 5.41) is 0. The van der Waals surface area contributed by atoms with E-state index in [1.54, 1.807) is 12.3 Å². The molecule has 3 rings (SSSR count). The number of para-hydroxylation sites is 2. The van der Waals surface area contributed by atoms with E-state index in [2.05, 4.69) is 4.98 Å². The summed E-state index contributed by atoms with van der Waals surface area (Å²) in [5.74, 6) is 2.84. The number of hydrogen-bond acceptors (Lipinski definition) is 4. The molecule has 0 bridgehead atoms. The average molecular weight is 307 g/mol. The van der Waals surface area contributed by atoms with Crippen LogP contribution in [-0.4, -0.2) is 11.6 Å². The highest BCUT2D eigenvalue weighted by Gasteiger charge is 2.16. The Balaban J connectivity index is 1.96.